The summed E-state index contributed by atoms with van der Waals surface area (Å²) < 4.78 is 13.5. The molecule has 1 aromatic heterocycles. The maximum atomic E-state index is 13.5. The van der Waals surface area contributed by atoms with E-state index in [2.05, 4.69) is 22.4 Å². The summed E-state index contributed by atoms with van der Waals surface area (Å²) in [6.45, 7) is 2.44. The molecule has 0 unspecified atom stereocenters. The lowest BCUT2D eigenvalue weighted by Crippen LogP contribution is -2.00. The van der Waals surface area contributed by atoms with E-state index in [0.29, 0.717) is 12.1 Å². The smallest absolute Gasteiger partial charge is 0.128 e. The number of aromatic nitrogens is 1. The highest BCUT2D eigenvalue weighted by molar-refractivity contribution is 5.83. The van der Waals surface area contributed by atoms with E-state index in [0.717, 1.165) is 11.2 Å². The Morgan fingerprint density at radius 3 is 2.89 bits per heavy atom. The van der Waals surface area contributed by atoms with E-state index in [9.17, 15) is 4.39 Å². The van der Waals surface area contributed by atoms with E-state index in [1.54, 1.807) is 13.0 Å². The normalized spacial score (nSPS) is 10.8. The van der Waals surface area contributed by atoms with Crippen molar-refractivity contribution in [3.63, 3.8) is 0 Å². The van der Waals surface area contributed by atoms with Crippen LogP contribution in [0.25, 0.3) is 10.9 Å². The Kier molecular flexibility index (Phi) is 2.95. The van der Waals surface area contributed by atoms with Gasteiger partial charge in [-0.1, -0.05) is 18.2 Å². The number of hydrogen-bond donors (Lipinski definition) is 2. The number of hydrogen-bond acceptors (Lipinski definition) is 1. The van der Waals surface area contributed by atoms with Gasteiger partial charge in [-0.05, 0) is 42.3 Å². The van der Waals surface area contributed by atoms with Gasteiger partial charge in [0.15, 0.2) is 0 Å². The first-order valence-corrected chi connectivity index (χ1v) is 6.29. The molecule has 0 fully saturated rings. The number of aromatic amines is 1. The molecule has 2 aromatic carbocycles. The van der Waals surface area contributed by atoms with Gasteiger partial charge in [0.25, 0.3) is 0 Å². The molecule has 3 heteroatoms. The third-order valence-corrected chi connectivity index (χ3v) is 3.34. The van der Waals surface area contributed by atoms with Gasteiger partial charge in [0, 0.05) is 29.3 Å². The quantitative estimate of drug-likeness (QED) is 0.719. The minimum absolute atomic E-state index is 0.176. The minimum atomic E-state index is -0.176. The lowest BCUT2D eigenvalue weighted by Gasteiger charge is -2.08. The summed E-state index contributed by atoms with van der Waals surface area (Å²) in [6, 6.07) is 13.4. The van der Waals surface area contributed by atoms with Gasteiger partial charge in [-0.3, -0.25) is 0 Å². The fourth-order valence-electron chi connectivity index (χ4n) is 2.20. The number of halogens is 1. The number of rotatable bonds is 3. The largest absolute Gasteiger partial charge is 0.381 e. The van der Waals surface area contributed by atoms with Crippen LogP contribution in [0.5, 0.6) is 0 Å². The van der Waals surface area contributed by atoms with Crippen molar-refractivity contribution in [2.75, 3.05) is 5.32 Å². The highest BCUT2D eigenvalue weighted by atomic mass is 19.1. The van der Waals surface area contributed by atoms with E-state index < -0.39 is 0 Å². The summed E-state index contributed by atoms with van der Waals surface area (Å²) in [6.07, 6.45) is 1.93. The zero-order chi connectivity index (χ0) is 13.2. The van der Waals surface area contributed by atoms with E-state index in [4.69, 9.17) is 0 Å². The van der Waals surface area contributed by atoms with Crippen LogP contribution in [0.4, 0.5) is 10.1 Å². The summed E-state index contributed by atoms with van der Waals surface area (Å²) in [4.78, 5) is 3.19. The molecule has 0 saturated carbocycles. The number of aryl methyl sites for hydroxylation is 1. The molecular weight excluding hydrogens is 239 g/mol. The van der Waals surface area contributed by atoms with Gasteiger partial charge in [0.1, 0.15) is 5.82 Å². The Morgan fingerprint density at radius 2 is 2.05 bits per heavy atom. The summed E-state index contributed by atoms with van der Waals surface area (Å²) in [5.41, 5.74) is 3.78. The van der Waals surface area contributed by atoms with Crippen LogP contribution in [0.15, 0.2) is 48.7 Å². The van der Waals surface area contributed by atoms with Crippen LogP contribution in [-0.4, -0.2) is 4.98 Å². The SMILES string of the molecule is Cc1ccc(NCc2cccc3[nH]ccc23)cc1F. The molecule has 0 aliphatic heterocycles. The zero-order valence-electron chi connectivity index (χ0n) is 10.7. The number of nitrogens with one attached hydrogen (secondary N) is 2. The highest BCUT2D eigenvalue weighted by Gasteiger charge is 2.03. The molecular formula is C16H15FN2. The Morgan fingerprint density at radius 1 is 1.16 bits per heavy atom. The molecule has 96 valence electrons. The summed E-state index contributed by atoms with van der Waals surface area (Å²) >= 11 is 0. The Labute approximate surface area is 111 Å². The van der Waals surface area contributed by atoms with Gasteiger partial charge >= 0.3 is 0 Å². The lowest BCUT2D eigenvalue weighted by molar-refractivity contribution is 0.619. The van der Waals surface area contributed by atoms with Crippen molar-refractivity contribution in [2.24, 2.45) is 0 Å². The number of anilines is 1. The summed E-state index contributed by atoms with van der Waals surface area (Å²) in [5.74, 6) is -0.176. The van der Waals surface area contributed by atoms with E-state index in [1.807, 2.05) is 24.4 Å². The van der Waals surface area contributed by atoms with Crippen LogP contribution in [-0.2, 0) is 6.54 Å². The highest BCUT2D eigenvalue weighted by Crippen LogP contribution is 2.19. The third kappa shape index (κ3) is 2.32. The van der Waals surface area contributed by atoms with Crippen LogP contribution in [0, 0.1) is 12.7 Å². The van der Waals surface area contributed by atoms with Crippen molar-refractivity contribution >= 4 is 16.6 Å². The van der Waals surface area contributed by atoms with Crippen LogP contribution in [0.3, 0.4) is 0 Å². The van der Waals surface area contributed by atoms with E-state index >= 15 is 0 Å². The molecule has 0 spiro atoms. The van der Waals surface area contributed by atoms with E-state index in [-0.39, 0.29) is 5.82 Å². The average molecular weight is 254 g/mol. The number of fused-ring (bicyclic) bond motifs is 1. The van der Waals surface area contributed by atoms with Crippen molar-refractivity contribution in [3.8, 4) is 0 Å². The lowest BCUT2D eigenvalue weighted by atomic mass is 10.1. The van der Waals surface area contributed by atoms with Crippen LogP contribution >= 0.6 is 0 Å². The molecule has 2 nitrogen and oxygen atoms in total. The molecule has 0 saturated heterocycles. The van der Waals surface area contributed by atoms with Gasteiger partial charge in [0.2, 0.25) is 0 Å². The first-order chi connectivity index (χ1) is 9.24. The van der Waals surface area contributed by atoms with Crippen LogP contribution in [0.1, 0.15) is 11.1 Å². The van der Waals surface area contributed by atoms with Crippen molar-refractivity contribution in [1.82, 2.24) is 4.98 Å². The molecule has 0 aliphatic carbocycles. The summed E-state index contributed by atoms with van der Waals surface area (Å²) in [7, 11) is 0. The first-order valence-electron chi connectivity index (χ1n) is 6.29. The molecule has 3 aromatic rings. The van der Waals surface area contributed by atoms with Gasteiger partial charge in [-0.15, -0.1) is 0 Å². The van der Waals surface area contributed by atoms with E-state index in [1.165, 1.54) is 17.0 Å². The zero-order valence-corrected chi connectivity index (χ0v) is 10.7. The molecule has 0 aliphatic rings. The third-order valence-electron chi connectivity index (χ3n) is 3.34. The Bertz CT molecular complexity index is 716. The molecule has 2 N–H and O–H groups in total. The number of H-pyrrole nitrogens is 1. The van der Waals surface area contributed by atoms with Gasteiger partial charge in [-0.2, -0.15) is 0 Å². The molecule has 1 heterocycles. The van der Waals surface area contributed by atoms with Crippen LogP contribution < -0.4 is 5.32 Å². The molecule has 3 rings (SSSR count). The van der Waals surface area contributed by atoms with Gasteiger partial charge < -0.3 is 10.3 Å². The Hall–Kier alpha value is -2.29. The second-order valence-electron chi connectivity index (χ2n) is 4.67. The predicted molar refractivity (Wildman–Crippen MR) is 76.8 cm³/mol. The number of benzene rings is 2. The van der Waals surface area contributed by atoms with Crippen molar-refractivity contribution in [3.05, 3.63) is 65.6 Å². The predicted octanol–water partition coefficient (Wildman–Crippen LogP) is 4.23. The first kappa shape index (κ1) is 11.8. The molecule has 0 radical (unpaired) electrons. The standard InChI is InChI=1S/C16H15FN2/c1-11-5-6-13(9-15(11)17)19-10-12-3-2-4-16-14(12)7-8-18-16/h2-9,18-19H,10H2,1H3. The average Bonchev–Trinajstić information content (AvgIpc) is 2.89. The Balaban J connectivity index is 1.82. The topological polar surface area (TPSA) is 27.8 Å². The molecule has 0 bridgehead atoms. The second kappa shape index (κ2) is 4.76. The molecule has 0 atom stereocenters. The van der Waals surface area contributed by atoms with Gasteiger partial charge in [-0.25, -0.2) is 4.39 Å². The monoisotopic (exact) mass is 254 g/mol. The summed E-state index contributed by atoms with van der Waals surface area (Å²) in [5, 5.41) is 4.45. The fraction of sp³-hybridized carbons (Fsp3) is 0.125. The molecule has 0 amide bonds. The van der Waals surface area contributed by atoms with Crippen molar-refractivity contribution in [2.45, 2.75) is 13.5 Å². The maximum absolute atomic E-state index is 13.5. The second-order valence-corrected chi connectivity index (χ2v) is 4.67. The molecule has 19 heavy (non-hydrogen) atoms. The van der Waals surface area contributed by atoms with Crippen molar-refractivity contribution in [1.29, 1.82) is 0 Å². The van der Waals surface area contributed by atoms with Crippen LogP contribution in [0.2, 0.25) is 0 Å². The van der Waals surface area contributed by atoms with Crippen molar-refractivity contribution < 1.29 is 4.39 Å². The fourth-order valence-corrected chi connectivity index (χ4v) is 2.20. The van der Waals surface area contributed by atoms with Gasteiger partial charge in [0.05, 0.1) is 0 Å². The maximum Gasteiger partial charge on any atom is 0.128 e. The minimum Gasteiger partial charge on any atom is -0.381 e.